The Labute approximate surface area is 109 Å². The molecule has 0 aromatic rings. The van der Waals surface area contributed by atoms with Gasteiger partial charge in [0.05, 0.1) is 12.1 Å². The summed E-state index contributed by atoms with van der Waals surface area (Å²) in [6, 6.07) is 0. The van der Waals surface area contributed by atoms with Crippen LogP contribution in [0.5, 0.6) is 0 Å². The second-order valence-corrected chi connectivity index (χ2v) is 4.77. The molecule has 106 valence electrons. The molecule has 18 heavy (non-hydrogen) atoms. The van der Waals surface area contributed by atoms with E-state index in [1.54, 1.807) is 0 Å². The number of carbonyl (C=O) groups excluding carboxylic acids is 1. The fourth-order valence-electron chi connectivity index (χ4n) is 2.30. The molecule has 1 amide bonds. The van der Waals surface area contributed by atoms with E-state index in [0.717, 1.165) is 25.7 Å². The summed E-state index contributed by atoms with van der Waals surface area (Å²) in [5.74, 6) is -0.0772. The highest BCUT2D eigenvalue weighted by atomic mass is 16.7. The Bertz CT molecular complexity index is 247. The number of hydrogen-bond donors (Lipinski definition) is 2. The van der Waals surface area contributed by atoms with Gasteiger partial charge in [0.15, 0.2) is 6.29 Å². The maximum atomic E-state index is 12.1. The average molecular weight is 258 g/mol. The van der Waals surface area contributed by atoms with E-state index in [-0.39, 0.29) is 12.2 Å². The highest BCUT2D eigenvalue weighted by molar-refractivity contribution is 5.86. The summed E-state index contributed by atoms with van der Waals surface area (Å²) < 4.78 is 10.8. The molecular formula is C13H26N2O3. The van der Waals surface area contributed by atoms with Crippen molar-refractivity contribution >= 4 is 5.91 Å². The normalized spacial score (nSPS) is 18.9. The second-order valence-electron chi connectivity index (χ2n) is 4.77. The molecule has 0 atom stereocenters. The van der Waals surface area contributed by atoms with Crippen LogP contribution in [0.2, 0.25) is 0 Å². The molecule has 0 heterocycles. The Morgan fingerprint density at radius 2 is 1.78 bits per heavy atom. The van der Waals surface area contributed by atoms with Crippen LogP contribution in [0.4, 0.5) is 0 Å². The van der Waals surface area contributed by atoms with Crippen LogP contribution in [0, 0.1) is 0 Å². The van der Waals surface area contributed by atoms with Gasteiger partial charge in [-0.3, -0.25) is 4.79 Å². The lowest BCUT2D eigenvalue weighted by molar-refractivity contribution is -0.143. The van der Waals surface area contributed by atoms with Crippen molar-refractivity contribution in [2.24, 2.45) is 5.73 Å². The van der Waals surface area contributed by atoms with Crippen molar-refractivity contribution in [2.75, 3.05) is 19.8 Å². The molecule has 5 heteroatoms. The third-order valence-corrected chi connectivity index (χ3v) is 3.33. The van der Waals surface area contributed by atoms with E-state index >= 15 is 0 Å². The van der Waals surface area contributed by atoms with Crippen molar-refractivity contribution in [1.29, 1.82) is 0 Å². The fourth-order valence-corrected chi connectivity index (χ4v) is 2.30. The van der Waals surface area contributed by atoms with Crippen LogP contribution in [0.15, 0.2) is 0 Å². The van der Waals surface area contributed by atoms with Crippen molar-refractivity contribution in [3.8, 4) is 0 Å². The third kappa shape index (κ3) is 4.55. The number of nitrogens with one attached hydrogen (secondary N) is 1. The molecule has 0 bridgehead atoms. The number of carbonyl (C=O) groups is 1. The monoisotopic (exact) mass is 258 g/mol. The molecule has 0 aromatic carbocycles. The highest BCUT2D eigenvalue weighted by Crippen LogP contribution is 2.25. The van der Waals surface area contributed by atoms with Crippen LogP contribution in [-0.4, -0.2) is 37.5 Å². The Kier molecular flexibility index (Phi) is 6.60. The van der Waals surface area contributed by atoms with Gasteiger partial charge < -0.3 is 20.5 Å². The van der Waals surface area contributed by atoms with Gasteiger partial charge in [-0.2, -0.15) is 0 Å². The van der Waals surface area contributed by atoms with E-state index in [9.17, 15) is 4.79 Å². The van der Waals surface area contributed by atoms with Gasteiger partial charge in [0.1, 0.15) is 0 Å². The minimum absolute atomic E-state index is 0.0772. The SMILES string of the molecule is CCOC(CNC(=O)C1(N)CCCCC1)OCC. The zero-order valence-corrected chi connectivity index (χ0v) is 11.5. The molecule has 0 radical (unpaired) electrons. The molecule has 0 aliphatic heterocycles. The van der Waals surface area contributed by atoms with Gasteiger partial charge in [0.2, 0.25) is 5.91 Å². The molecule has 0 unspecified atom stereocenters. The summed E-state index contributed by atoms with van der Waals surface area (Å²) in [6.07, 6.45) is 4.40. The van der Waals surface area contributed by atoms with Crippen LogP contribution >= 0.6 is 0 Å². The molecule has 1 saturated carbocycles. The Hall–Kier alpha value is -0.650. The Balaban J connectivity index is 2.38. The molecule has 3 N–H and O–H groups in total. The number of amides is 1. The standard InChI is InChI=1S/C13H26N2O3/c1-3-17-11(18-4-2)10-15-12(16)13(14)8-6-5-7-9-13/h11H,3-10,14H2,1-2H3,(H,15,16). The summed E-state index contributed by atoms with van der Waals surface area (Å²) in [5, 5.41) is 2.85. The van der Waals surface area contributed by atoms with Crippen molar-refractivity contribution in [3.63, 3.8) is 0 Å². The predicted octanol–water partition coefficient (Wildman–Crippen LogP) is 1.16. The number of ether oxygens (including phenoxy) is 2. The summed E-state index contributed by atoms with van der Waals surface area (Å²) >= 11 is 0. The number of nitrogens with two attached hydrogens (primary N) is 1. The zero-order chi connectivity index (χ0) is 13.4. The van der Waals surface area contributed by atoms with E-state index < -0.39 is 5.54 Å². The summed E-state index contributed by atoms with van der Waals surface area (Å²) in [6.45, 7) is 5.29. The van der Waals surface area contributed by atoms with Crippen LogP contribution < -0.4 is 11.1 Å². The van der Waals surface area contributed by atoms with E-state index in [0.29, 0.717) is 19.8 Å². The maximum Gasteiger partial charge on any atom is 0.240 e. The Morgan fingerprint density at radius 1 is 1.22 bits per heavy atom. The lowest BCUT2D eigenvalue weighted by atomic mass is 9.82. The molecule has 1 fully saturated rings. The van der Waals surface area contributed by atoms with Crippen LogP contribution in [0.3, 0.4) is 0 Å². The molecule has 0 spiro atoms. The second kappa shape index (κ2) is 7.71. The Morgan fingerprint density at radius 3 is 2.28 bits per heavy atom. The third-order valence-electron chi connectivity index (χ3n) is 3.33. The first-order valence-electron chi connectivity index (χ1n) is 6.92. The van der Waals surface area contributed by atoms with E-state index in [1.807, 2.05) is 13.8 Å². The van der Waals surface area contributed by atoms with Crippen LogP contribution in [0.25, 0.3) is 0 Å². The minimum Gasteiger partial charge on any atom is -0.351 e. The lowest BCUT2D eigenvalue weighted by Crippen LogP contribution is -2.56. The van der Waals surface area contributed by atoms with Gasteiger partial charge in [-0.05, 0) is 26.7 Å². The smallest absolute Gasteiger partial charge is 0.240 e. The summed E-state index contributed by atoms with van der Waals surface area (Å²) in [4.78, 5) is 12.1. The molecule has 5 nitrogen and oxygen atoms in total. The first-order valence-corrected chi connectivity index (χ1v) is 6.92. The van der Waals surface area contributed by atoms with Gasteiger partial charge in [-0.15, -0.1) is 0 Å². The van der Waals surface area contributed by atoms with Gasteiger partial charge >= 0.3 is 0 Å². The number of rotatable bonds is 7. The zero-order valence-electron chi connectivity index (χ0n) is 11.5. The van der Waals surface area contributed by atoms with Crippen molar-refractivity contribution in [3.05, 3.63) is 0 Å². The first-order chi connectivity index (χ1) is 8.62. The topological polar surface area (TPSA) is 73.6 Å². The summed E-state index contributed by atoms with van der Waals surface area (Å²) in [5.41, 5.74) is 5.45. The van der Waals surface area contributed by atoms with E-state index in [4.69, 9.17) is 15.2 Å². The largest absolute Gasteiger partial charge is 0.351 e. The summed E-state index contributed by atoms with van der Waals surface area (Å²) in [7, 11) is 0. The van der Waals surface area contributed by atoms with Gasteiger partial charge in [-0.25, -0.2) is 0 Å². The molecule has 1 aliphatic carbocycles. The van der Waals surface area contributed by atoms with Gasteiger partial charge in [-0.1, -0.05) is 19.3 Å². The highest BCUT2D eigenvalue weighted by Gasteiger charge is 2.35. The molecule has 1 rings (SSSR count). The predicted molar refractivity (Wildman–Crippen MR) is 70.1 cm³/mol. The van der Waals surface area contributed by atoms with E-state index in [1.165, 1.54) is 6.42 Å². The molecule has 0 saturated heterocycles. The van der Waals surface area contributed by atoms with E-state index in [2.05, 4.69) is 5.32 Å². The van der Waals surface area contributed by atoms with Crippen LogP contribution in [-0.2, 0) is 14.3 Å². The molecule has 0 aromatic heterocycles. The maximum absolute atomic E-state index is 12.1. The van der Waals surface area contributed by atoms with Crippen LogP contribution in [0.1, 0.15) is 46.0 Å². The molecular weight excluding hydrogens is 232 g/mol. The quantitative estimate of drug-likeness (QED) is 0.672. The molecule has 1 aliphatic rings. The van der Waals surface area contributed by atoms with Gasteiger partial charge in [0, 0.05) is 13.2 Å². The van der Waals surface area contributed by atoms with Gasteiger partial charge in [0.25, 0.3) is 0 Å². The first kappa shape index (κ1) is 15.4. The average Bonchev–Trinajstić information content (AvgIpc) is 2.37. The fraction of sp³-hybridized carbons (Fsp3) is 0.923. The van der Waals surface area contributed by atoms with Crippen molar-refractivity contribution in [1.82, 2.24) is 5.32 Å². The van der Waals surface area contributed by atoms with Crippen molar-refractivity contribution < 1.29 is 14.3 Å². The number of hydrogen-bond acceptors (Lipinski definition) is 4. The minimum atomic E-state index is -0.693. The van der Waals surface area contributed by atoms with Crippen molar-refractivity contribution in [2.45, 2.75) is 57.8 Å². The lowest BCUT2D eigenvalue weighted by Gasteiger charge is -2.32.